The number of hydrogen-bond acceptors (Lipinski definition) is 1. The smallest absolute Gasteiger partial charge is 0.239 e. The van der Waals surface area contributed by atoms with E-state index < -0.39 is 0 Å². The van der Waals surface area contributed by atoms with Crippen molar-refractivity contribution in [1.82, 2.24) is 9.88 Å². The van der Waals surface area contributed by atoms with E-state index in [1.54, 1.807) is 7.05 Å². The summed E-state index contributed by atoms with van der Waals surface area (Å²) in [6, 6.07) is 7.58. The molecule has 1 aromatic heterocycles. The first-order valence-electron chi connectivity index (χ1n) is 4.65. The van der Waals surface area contributed by atoms with Gasteiger partial charge in [0.05, 0.1) is 0 Å². The largest absolute Gasteiger partial charge is 0.358 e. The summed E-state index contributed by atoms with van der Waals surface area (Å²) in [5.41, 5.74) is 1.02. The molecule has 1 amide bonds. The highest BCUT2D eigenvalue weighted by Crippen LogP contribution is 2.20. The van der Waals surface area contributed by atoms with Gasteiger partial charge in [0.25, 0.3) is 0 Å². The van der Waals surface area contributed by atoms with Crippen LogP contribution in [-0.2, 0) is 11.3 Å². The van der Waals surface area contributed by atoms with Crippen molar-refractivity contribution < 1.29 is 4.79 Å². The molecule has 0 atom stereocenters. The van der Waals surface area contributed by atoms with Gasteiger partial charge in [-0.05, 0) is 24.3 Å². The van der Waals surface area contributed by atoms with E-state index in [0.29, 0.717) is 11.6 Å². The Morgan fingerprint density at radius 3 is 3.00 bits per heavy atom. The number of halogens is 1. The highest BCUT2D eigenvalue weighted by Gasteiger charge is 2.04. The van der Waals surface area contributed by atoms with Gasteiger partial charge in [-0.3, -0.25) is 4.79 Å². The number of carbonyl (C=O) groups is 1. The maximum Gasteiger partial charge on any atom is 0.239 e. The fraction of sp³-hybridized carbons (Fsp3) is 0.182. The lowest BCUT2D eigenvalue weighted by Gasteiger charge is -2.03. The van der Waals surface area contributed by atoms with Crippen molar-refractivity contribution in [3.63, 3.8) is 0 Å². The molecule has 3 nitrogen and oxygen atoms in total. The normalized spacial score (nSPS) is 10.5. The second kappa shape index (κ2) is 3.95. The minimum absolute atomic E-state index is 0.0116. The molecule has 78 valence electrons. The molecule has 15 heavy (non-hydrogen) atoms. The average molecular weight is 223 g/mol. The SMILES string of the molecule is CNC(=O)Cn1ccc2cc(Cl)ccc21. The van der Waals surface area contributed by atoms with E-state index in [9.17, 15) is 4.79 Å². The Morgan fingerprint density at radius 2 is 2.27 bits per heavy atom. The molecule has 1 heterocycles. The number of amides is 1. The number of rotatable bonds is 2. The Hall–Kier alpha value is -1.48. The quantitative estimate of drug-likeness (QED) is 0.829. The lowest BCUT2D eigenvalue weighted by atomic mass is 10.2. The van der Waals surface area contributed by atoms with Crippen LogP contribution in [0.5, 0.6) is 0 Å². The van der Waals surface area contributed by atoms with Gasteiger partial charge in [0.1, 0.15) is 6.54 Å². The summed E-state index contributed by atoms with van der Waals surface area (Å²) >= 11 is 5.87. The second-order valence-corrected chi connectivity index (χ2v) is 3.76. The Bertz CT molecular complexity index is 504. The number of hydrogen-bond donors (Lipinski definition) is 1. The second-order valence-electron chi connectivity index (χ2n) is 3.32. The molecule has 0 radical (unpaired) electrons. The summed E-state index contributed by atoms with van der Waals surface area (Å²) in [5.74, 6) is -0.0116. The van der Waals surface area contributed by atoms with Crippen LogP contribution in [0.2, 0.25) is 5.02 Å². The molecule has 0 bridgehead atoms. The van der Waals surface area contributed by atoms with Gasteiger partial charge in [-0.15, -0.1) is 0 Å². The van der Waals surface area contributed by atoms with Crippen molar-refractivity contribution in [3.05, 3.63) is 35.5 Å². The number of aromatic nitrogens is 1. The molecule has 4 heteroatoms. The topological polar surface area (TPSA) is 34.0 Å². The summed E-state index contributed by atoms with van der Waals surface area (Å²) in [5, 5.41) is 4.35. The van der Waals surface area contributed by atoms with Gasteiger partial charge in [0.15, 0.2) is 0 Å². The number of likely N-dealkylation sites (N-methyl/N-ethyl adjacent to an activating group) is 1. The summed E-state index contributed by atoms with van der Waals surface area (Å²) in [4.78, 5) is 11.2. The zero-order chi connectivity index (χ0) is 10.8. The van der Waals surface area contributed by atoms with Crippen molar-refractivity contribution in [2.75, 3.05) is 7.05 Å². The number of nitrogens with one attached hydrogen (secondary N) is 1. The predicted octanol–water partition coefficient (Wildman–Crippen LogP) is 2.04. The monoisotopic (exact) mass is 222 g/mol. The van der Waals surface area contributed by atoms with Crippen LogP contribution in [0.25, 0.3) is 10.9 Å². The van der Waals surface area contributed by atoms with Crippen LogP contribution in [0.3, 0.4) is 0 Å². The third kappa shape index (κ3) is 1.97. The van der Waals surface area contributed by atoms with Crippen molar-refractivity contribution in [2.24, 2.45) is 0 Å². The molecule has 1 aromatic carbocycles. The molecule has 2 aromatic rings. The fourth-order valence-electron chi connectivity index (χ4n) is 1.54. The van der Waals surface area contributed by atoms with Crippen LogP contribution in [0, 0.1) is 0 Å². The summed E-state index contributed by atoms with van der Waals surface area (Å²) in [7, 11) is 1.63. The molecule has 0 aliphatic rings. The molecule has 2 rings (SSSR count). The number of carbonyl (C=O) groups excluding carboxylic acids is 1. The first-order chi connectivity index (χ1) is 7.20. The van der Waals surface area contributed by atoms with E-state index in [0.717, 1.165) is 10.9 Å². The molecule has 0 saturated heterocycles. The van der Waals surface area contributed by atoms with Crippen molar-refractivity contribution in [1.29, 1.82) is 0 Å². The van der Waals surface area contributed by atoms with Crippen molar-refractivity contribution in [3.8, 4) is 0 Å². The lowest BCUT2D eigenvalue weighted by Crippen LogP contribution is -2.22. The Morgan fingerprint density at radius 1 is 1.47 bits per heavy atom. The van der Waals surface area contributed by atoms with Gasteiger partial charge in [-0.25, -0.2) is 0 Å². The Labute approximate surface area is 92.6 Å². The predicted molar refractivity (Wildman–Crippen MR) is 61.0 cm³/mol. The molecule has 0 saturated carbocycles. The van der Waals surface area contributed by atoms with Crippen molar-refractivity contribution in [2.45, 2.75) is 6.54 Å². The number of benzene rings is 1. The highest BCUT2D eigenvalue weighted by atomic mass is 35.5. The Kier molecular flexibility index (Phi) is 2.64. The van der Waals surface area contributed by atoms with Gasteiger partial charge in [0.2, 0.25) is 5.91 Å². The van der Waals surface area contributed by atoms with Crippen LogP contribution in [0.1, 0.15) is 0 Å². The number of nitrogens with zero attached hydrogens (tertiary/aromatic N) is 1. The van der Waals surface area contributed by atoms with Gasteiger partial charge in [0, 0.05) is 29.2 Å². The minimum atomic E-state index is -0.0116. The zero-order valence-corrected chi connectivity index (χ0v) is 9.08. The van der Waals surface area contributed by atoms with Crippen LogP contribution in [-0.4, -0.2) is 17.5 Å². The first kappa shape index (κ1) is 10.1. The van der Waals surface area contributed by atoms with Crippen LogP contribution >= 0.6 is 11.6 Å². The fourth-order valence-corrected chi connectivity index (χ4v) is 1.72. The minimum Gasteiger partial charge on any atom is -0.358 e. The van der Waals surface area contributed by atoms with E-state index in [4.69, 9.17) is 11.6 Å². The van der Waals surface area contributed by atoms with E-state index in [-0.39, 0.29) is 5.91 Å². The zero-order valence-electron chi connectivity index (χ0n) is 8.33. The van der Waals surface area contributed by atoms with Crippen molar-refractivity contribution >= 4 is 28.4 Å². The van der Waals surface area contributed by atoms with E-state index in [1.165, 1.54) is 0 Å². The molecule has 0 aliphatic carbocycles. The lowest BCUT2D eigenvalue weighted by molar-refractivity contribution is -0.121. The third-order valence-electron chi connectivity index (χ3n) is 2.33. The van der Waals surface area contributed by atoms with Gasteiger partial charge < -0.3 is 9.88 Å². The summed E-state index contributed by atoms with van der Waals surface area (Å²) in [6.45, 7) is 0.335. The van der Waals surface area contributed by atoms with Gasteiger partial charge >= 0.3 is 0 Å². The first-order valence-corrected chi connectivity index (χ1v) is 5.03. The molecule has 0 unspecified atom stereocenters. The molecule has 0 aliphatic heterocycles. The summed E-state index contributed by atoms with van der Waals surface area (Å²) in [6.07, 6.45) is 1.89. The molecular weight excluding hydrogens is 212 g/mol. The Balaban J connectivity index is 2.41. The number of fused-ring (bicyclic) bond motifs is 1. The maximum atomic E-state index is 11.2. The van der Waals surface area contributed by atoms with Crippen LogP contribution < -0.4 is 5.32 Å². The average Bonchev–Trinajstić information content (AvgIpc) is 2.60. The third-order valence-corrected chi connectivity index (χ3v) is 2.56. The molecule has 1 N–H and O–H groups in total. The summed E-state index contributed by atoms with van der Waals surface area (Å²) < 4.78 is 1.89. The molecular formula is C11H11ClN2O. The van der Waals surface area contributed by atoms with Crippen LogP contribution in [0.4, 0.5) is 0 Å². The standard InChI is InChI=1S/C11H11ClN2O/c1-13-11(15)7-14-5-4-8-6-9(12)2-3-10(8)14/h2-6H,7H2,1H3,(H,13,15). The van der Waals surface area contributed by atoms with Crippen LogP contribution in [0.15, 0.2) is 30.5 Å². The maximum absolute atomic E-state index is 11.2. The molecule has 0 fully saturated rings. The van der Waals surface area contributed by atoms with E-state index in [2.05, 4.69) is 5.32 Å². The van der Waals surface area contributed by atoms with E-state index >= 15 is 0 Å². The van der Waals surface area contributed by atoms with Gasteiger partial charge in [-0.2, -0.15) is 0 Å². The van der Waals surface area contributed by atoms with E-state index in [1.807, 2.05) is 35.0 Å². The molecule has 0 spiro atoms. The highest BCUT2D eigenvalue weighted by molar-refractivity contribution is 6.31. The van der Waals surface area contributed by atoms with Gasteiger partial charge in [-0.1, -0.05) is 11.6 Å².